The second kappa shape index (κ2) is 4.46. The molecule has 2 amide bonds. The fraction of sp³-hybridized carbons (Fsp3) is 0.889. The van der Waals surface area contributed by atoms with Crippen molar-refractivity contribution in [1.82, 2.24) is 10.6 Å². The van der Waals surface area contributed by atoms with E-state index in [0.29, 0.717) is 13.1 Å². The Morgan fingerprint density at radius 1 is 1.46 bits per heavy atom. The largest absolute Gasteiger partial charge is 0.388 e. The Kier molecular flexibility index (Phi) is 3.54. The molecule has 0 atom stereocenters. The van der Waals surface area contributed by atoms with Crippen LogP contribution in [0.25, 0.3) is 0 Å². The first kappa shape index (κ1) is 10.3. The van der Waals surface area contributed by atoms with Crippen molar-refractivity contribution >= 4 is 6.03 Å². The maximum atomic E-state index is 11.1. The minimum absolute atomic E-state index is 0.179. The Balaban J connectivity index is 2.07. The Morgan fingerprint density at radius 3 is 2.62 bits per heavy atom. The summed E-state index contributed by atoms with van der Waals surface area (Å²) in [6.07, 6.45) is 3.61. The van der Waals surface area contributed by atoms with Crippen LogP contribution in [-0.4, -0.2) is 29.8 Å². The molecule has 0 heterocycles. The third kappa shape index (κ3) is 3.22. The summed E-state index contributed by atoms with van der Waals surface area (Å²) in [6.45, 7) is 3.06. The van der Waals surface area contributed by atoms with Crippen molar-refractivity contribution in [3.63, 3.8) is 0 Å². The summed E-state index contributed by atoms with van der Waals surface area (Å²) in [5.74, 6) is 0. The van der Waals surface area contributed by atoms with Gasteiger partial charge in [0.1, 0.15) is 0 Å². The molecule has 0 aromatic heterocycles. The number of carbonyl (C=O) groups excluding carboxylic acids is 1. The van der Waals surface area contributed by atoms with Gasteiger partial charge in [-0.3, -0.25) is 0 Å². The predicted molar refractivity (Wildman–Crippen MR) is 50.5 cm³/mol. The molecule has 4 nitrogen and oxygen atoms in total. The third-order valence-corrected chi connectivity index (χ3v) is 2.40. The van der Waals surface area contributed by atoms with E-state index in [1.54, 1.807) is 0 Å². The van der Waals surface area contributed by atoms with Crippen LogP contribution in [0.2, 0.25) is 0 Å². The van der Waals surface area contributed by atoms with Crippen molar-refractivity contribution in [2.24, 2.45) is 0 Å². The van der Waals surface area contributed by atoms with Gasteiger partial charge < -0.3 is 15.7 Å². The van der Waals surface area contributed by atoms with Crippen LogP contribution in [0.15, 0.2) is 0 Å². The van der Waals surface area contributed by atoms with Crippen LogP contribution in [0.4, 0.5) is 4.79 Å². The van der Waals surface area contributed by atoms with Crippen molar-refractivity contribution in [3.8, 4) is 0 Å². The van der Waals surface area contributed by atoms with Gasteiger partial charge in [-0.1, -0.05) is 6.92 Å². The summed E-state index contributed by atoms with van der Waals surface area (Å²) in [7, 11) is 0. The number of amides is 2. The summed E-state index contributed by atoms with van der Waals surface area (Å²) < 4.78 is 0. The zero-order chi connectivity index (χ0) is 9.73. The van der Waals surface area contributed by atoms with E-state index in [0.717, 1.165) is 25.7 Å². The Labute approximate surface area is 78.7 Å². The molecule has 4 heteroatoms. The molecule has 0 aromatic rings. The highest BCUT2D eigenvalue weighted by atomic mass is 16.3. The first-order valence-corrected chi connectivity index (χ1v) is 4.90. The van der Waals surface area contributed by atoms with Crippen LogP contribution < -0.4 is 10.6 Å². The van der Waals surface area contributed by atoms with Crippen LogP contribution in [0, 0.1) is 0 Å². The Bertz CT molecular complexity index is 178. The molecule has 13 heavy (non-hydrogen) atoms. The maximum absolute atomic E-state index is 11.1. The lowest BCUT2D eigenvalue weighted by atomic mass is 9.80. The number of nitrogens with one attached hydrogen (secondary N) is 2. The van der Waals surface area contributed by atoms with E-state index in [1.165, 1.54) is 0 Å². The van der Waals surface area contributed by atoms with Gasteiger partial charge in [0.15, 0.2) is 0 Å². The molecule has 1 saturated carbocycles. The normalized spacial score (nSPS) is 18.9. The van der Waals surface area contributed by atoms with E-state index < -0.39 is 5.60 Å². The number of carbonyl (C=O) groups is 1. The van der Waals surface area contributed by atoms with Gasteiger partial charge in [-0.05, 0) is 25.7 Å². The van der Waals surface area contributed by atoms with Gasteiger partial charge in [0.25, 0.3) is 0 Å². The molecule has 1 aliphatic rings. The highest BCUT2D eigenvalue weighted by molar-refractivity contribution is 5.73. The number of aliphatic hydroxyl groups is 1. The molecular formula is C9H18N2O2. The topological polar surface area (TPSA) is 61.4 Å². The molecule has 0 aromatic carbocycles. The van der Waals surface area contributed by atoms with Crippen LogP contribution in [0.5, 0.6) is 0 Å². The van der Waals surface area contributed by atoms with E-state index in [9.17, 15) is 9.90 Å². The molecule has 0 bridgehead atoms. The number of hydrogen-bond acceptors (Lipinski definition) is 2. The summed E-state index contributed by atoms with van der Waals surface area (Å²) in [5.41, 5.74) is -0.621. The van der Waals surface area contributed by atoms with E-state index >= 15 is 0 Å². The lowest BCUT2D eigenvalue weighted by molar-refractivity contribution is -0.0290. The van der Waals surface area contributed by atoms with Gasteiger partial charge in [0, 0.05) is 13.1 Å². The highest BCUT2D eigenvalue weighted by Gasteiger charge is 2.34. The third-order valence-electron chi connectivity index (χ3n) is 2.40. The second-order valence-corrected chi connectivity index (χ2v) is 3.69. The fourth-order valence-electron chi connectivity index (χ4n) is 1.31. The smallest absolute Gasteiger partial charge is 0.314 e. The standard InChI is InChI=1S/C9H18N2O2/c1-2-6-10-8(12)11-7-9(13)4-3-5-9/h13H,2-7H2,1H3,(H2,10,11,12). The fourth-order valence-corrected chi connectivity index (χ4v) is 1.31. The summed E-state index contributed by atoms with van der Waals surface area (Å²) >= 11 is 0. The monoisotopic (exact) mass is 186 g/mol. The second-order valence-electron chi connectivity index (χ2n) is 3.69. The lowest BCUT2D eigenvalue weighted by Gasteiger charge is -2.36. The molecular weight excluding hydrogens is 168 g/mol. The lowest BCUT2D eigenvalue weighted by Crippen LogP contribution is -2.50. The van der Waals surface area contributed by atoms with Crippen molar-refractivity contribution in [2.75, 3.05) is 13.1 Å². The van der Waals surface area contributed by atoms with E-state index in [4.69, 9.17) is 0 Å². The molecule has 3 N–H and O–H groups in total. The quantitative estimate of drug-likeness (QED) is 0.602. The molecule has 0 unspecified atom stereocenters. The van der Waals surface area contributed by atoms with Gasteiger partial charge in [-0.15, -0.1) is 0 Å². The zero-order valence-corrected chi connectivity index (χ0v) is 8.10. The van der Waals surface area contributed by atoms with Gasteiger partial charge in [0.05, 0.1) is 5.60 Å². The zero-order valence-electron chi connectivity index (χ0n) is 8.10. The van der Waals surface area contributed by atoms with Crippen LogP contribution >= 0.6 is 0 Å². The highest BCUT2D eigenvalue weighted by Crippen LogP contribution is 2.30. The summed E-state index contributed by atoms with van der Waals surface area (Å²) in [4.78, 5) is 11.1. The molecule has 0 radical (unpaired) electrons. The molecule has 1 fully saturated rings. The molecule has 0 spiro atoms. The van der Waals surface area contributed by atoms with E-state index in [-0.39, 0.29) is 6.03 Å². The predicted octanol–water partition coefficient (Wildman–Crippen LogP) is 0.611. The minimum atomic E-state index is -0.621. The number of urea groups is 1. The number of hydrogen-bond donors (Lipinski definition) is 3. The van der Waals surface area contributed by atoms with Crippen molar-refractivity contribution in [1.29, 1.82) is 0 Å². The Hall–Kier alpha value is -0.770. The van der Waals surface area contributed by atoms with Gasteiger partial charge in [-0.2, -0.15) is 0 Å². The average Bonchev–Trinajstić information content (AvgIpc) is 2.08. The first-order chi connectivity index (χ1) is 6.16. The van der Waals surface area contributed by atoms with Crippen molar-refractivity contribution in [3.05, 3.63) is 0 Å². The first-order valence-electron chi connectivity index (χ1n) is 4.90. The molecule has 0 saturated heterocycles. The maximum Gasteiger partial charge on any atom is 0.314 e. The van der Waals surface area contributed by atoms with Crippen LogP contribution in [-0.2, 0) is 0 Å². The minimum Gasteiger partial charge on any atom is -0.388 e. The Morgan fingerprint density at radius 2 is 2.15 bits per heavy atom. The average molecular weight is 186 g/mol. The summed E-state index contributed by atoms with van der Waals surface area (Å²) in [6, 6.07) is -0.179. The molecule has 0 aliphatic heterocycles. The van der Waals surface area contributed by atoms with Gasteiger partial charge in [0.2, 0.25) is 0 Å². The molecule has 76 valence electrons. The van der Waals surface area contributed by atoms with E-state index in [2.05, 4.69) is 10.6 Å². The van der Waals surface area contributed by atoms with Gasteiger partial charge >= 0.3 is 6.03 Å². The van der Waals surface area contributed by atoms with Crippen LogP contribution in [0.3, 0.4) is 0 Å². The molecule has 1 rings (SSSR count). The van der Waals surface area contributed by atoms with Crippen molar-refractivity contribution in [2.45, 2.75) is 38.2 Å². The van der Waals surface area contributed by atoms with Crippen LogP contribution in [0.1, 0.15) is 32.6 Å². The SMILES string of the molecule is CCCNC(=O)NCC1(O)CCC1. The number of rotatable bonds is 4. The van der Waals surface area contributed by atoms with E-state index in [1.807, 2.05) is 6.92 Å². The molecule has 1 aliphatic carbocycles. The summed E-state index contributed by atoms with van der Waals surface area (Å²) in [5, 5.41) is 15.0. The van der Waals surface area contributed by atoms with Crippen molar-refractivity contribution < 1.29 is 9.90 Å². The van der Waals surface area contributed by atoms with Gasteiger partial charge in [-0.25, -0.2) is 4.79 Å².